The summed E-state index contributed by atoms with van der Waals surface area (Å²) >= 11 is 0. The Morgan fingerprint density at radius 3 is 2.55 bits per heavy atom. The molecule has 0 aromatic rings. The van der Waals surface area contributed by atoms with Gasteiger partial charge in [-0.2, -0.15) is 0 Å². The lowest BCUT2D eigenvalue weighted by Gasteiger charge is -2.13. The summed E-state index contributed by atoms with van der Waals surface area (Å²) in [5, 5.41) is 12.1. The van der Waals surface area contributed by atoms with Gasteiger partial charge in [0.15, 0.2) is 0 Å². The van der Waals surface area contributed by atoms with Crippen LogP contribution in [0.1, 0.15) is 20.3 Å². The highest BCUT2D eigenvalue weighted by Crippen LogP contribution is 1.90. The molecular weight excluding hydrogens is 142 g/mol. The zero-order chi connectivity index (χ0) is 8.69. The summed E-state index contributed by atoms with van der Waals surface area (Å²) in [6.45, 7) is 5.29. The molecule has 0 fully saturated rings. The minimum atomic E-state index is -0.264. The van der Waals surface area contributed by atoms with Gasteiger partial charge in [0, 0.05) is 26.3 Å². The lowest BCUT2D eigenvalue weighted by Crippen LogP contribution is -2.33. The molecule has 0 bridgehead atoms. The van der Waals surface area contributed by atoms with E-state index in [0.717, 1.165) is 13.0 Å². The number of nitrogens with one attached hydrogen (secondary N) is 1. The lowest BCUT2D eigenvalue weighted by atomic mass is 10.2. The highest BCUT2D eigenvalue weighted by atomic mass is 16.5. The summed E-state index contributed by atoms with van der Waals surface area (Å²) in [7, 11) is 1.70. The maximum atomic E-state index is 8.93. The molecule has 0 saturated heterocycles. The van der Waals surface area contributed by atoms with Crippen molar-refractivity contribution < 1.29 is 9.84 Å². The van der Waals surface area contributed by atoms with Gasteiger partial charge in [0.25, 0.3) is 0 Å². The predicted molar refractivity (Wildman–Crippen MR) is 45.6 cm³/mol. The quantitative estimate of drug-likeness (QED) is 0.592. The van der Waals surface area contributed by atoms with Crippen LogP contribution in [-0.2, 0) is 4.74 Å². The fraction of sp³-hybridized carbons (Fsp3) is 1.00. The molecule has 3 heteroatoms. The van der Waals surface area contributed by atoms with Gasteiger partial charge in [-0.15, -0.1) is 0 Å². The van der Waals surface area contributed by atoms with Gasteiger partial charge < -0.3 is 15.2 Å². The van der Waals surface area contributed by atoms with E-state index in [1.54, 1.807) is 14.0 Å². The van der Waals surface area contributed by atoms with Crippen LogP contribution in [0.15, 0.2) is 0 Å². The number of methoxy groups -OCH3 is 1. The fourth-order valence-electron chi connectivity index (χ4n) is 0.768. The van der Waals surface area contributed by atoms with E-state index in [1.165, 1.54) is 0 Å². The standard InChI is InChI=1S/C8H19NO2/c1-7(4-5-11-3)9-6-8(2)10/h7-10H,4-6H2,1-3H3. The number of aliphatic hydroxyl groups is 1. The van der Waals surface area contributed by atoms with Crippen LogP contribution < -0.4 is 5.32 Å². The molecule has 2 unspecified atom stereocenters. The van der Waals surface area contributed by atoms with Crippen molar-refractivity contribution in [2.75, 3.05) is 20.3 Å². The van der Waals surface area contributed by atoms with E-state index in [0.29, 0.717) is 12.6 Å². The van der Waals surface area contributed by atoms with Crippen LogP contribution in [0.25, 0.3) is 0 Å². The molecule has 0 saturated carbocycles. The van der Waals surface area contributed by atoms with Crippen LogP contribution in [0.3, 0.4) is 0 Å². The summed E-state index contributed by atoms with van der Waals surface area (Å²) in [5.74, 6) is 0. The molecule has 0 aliphatic carbocycles. The van der Waals surface area contributed by atoms with Gasteiger partial charge in [-0.25, -0.2) is 0 Å². The first-order valence-electron chi connectivity index (χ1n) is 4.07. The minimum Gasteiger partial charge on any atom is -0.392 e. The van der Waals surface area contributed by atoms with Gasteiger partial charge in [0.1, 0.15) is 0 Å². The first-order chi connectivity index (χ1) is 5.16. The summed E-state index contributed by atoms with van der Waals surface area (Å²) in [5.41, 5.74) is 0. The molecule has 68 valence electrons. The number of hydrogen-bond acceptors (Lipinski definition) is 3. The van der Waals surface area contributed by atoms with E-state index in [9.17, 15) is 0 Å². The second kappa shape index (κ2) is 6.58. The molecule has 0 amide bonds. The first-order valence-corrected chi connectivity index (χ1v) is 4.07. The monoisotopic (exact) mass is 161 g/mol. The van der Waals surface area contributed by atoms with Crippen molar-refractivity contribution in [1.82, 2.24) is 5.32 Å². The van der Waals surface area contributed by atoms with Gasteiger partial charge >= 0.3 is 0 Å². The SMILES string of the molecule is COCCC(C)NCC(C)O. The Kier molecular flexibility index (Phi) is 6.51. The summed E-state index contributed by atoms with van der Waals surface area (Å²) in [4.78, 5) is 0. The molecule has 0 heterocycles. The van der Waals surface area contributed by atoms with Gasteiger partial charge in [-0.3, -0.25) is 0 Å². The Bertz CT molecular complexity index is 86.2. The average Bonchev–Trinajstić information content (AvgIpc) is 1.97. The third-order valence-corrected chi connectivity index (χ3v) is 1.52. The number of ether oxygens (including phenoxy) is 1. The third-order valence-electron chi connectivity index (χ3n) is 1.52. The van der Waals surface area contributed by atoms with E-state index in [1.807, 2.05) is 0 Å². The van der Waals surface area contributed by atoms with E-state index in [-0.39, 0.29) is 6.10 Å². The molecule has 0 aliphatic heterocycles. The zero-order valence-electron chi connectivity index (χ0n) is 7.63. The molecule has 11 heavy (non-hydrogen) atoms. The molecule has 0 aromatic heterocycles. The maximum Gasteiger partial charge on any atom is 0.0636 e. The van der Waals surface area contributed by atoms with Crippen LogP contribution in [-0.4, -0.2) is 37.5 Å². The highest BCUT2D eigenvalue weighted by Gasteiger charge is 2.01. The van der Waals surface area contributed by atoms with Crippen molar-refractivity contribution in [2.24, 2.45) is 0 Å². The molecule has 3 nitrogen and oxygen atoms in total. The Labute approximate surface area is 68.8 Å². The Balaban J connectivity index is 3.15. The van der Waals surface area contributed by atoms with Crippen molar-refractivity contribution >= 4 is 0 Å². The van der Waals surface area contributed by atoms with Crippen LogP contribution in [0.2, 0.25) is 0 Å². The Hall–Kier alpha value is -0.120. The van der Waals surface area contributed by atoms with Crippen LogP contribution in [0.5, 0.6) is 0 Å². The topological polar surface area (TPSA) is 41.5 Å². The Morgan fingerprint density at radius 2 is 2.09 bits per heavy atom. The molecule has 0 radical (unpaired) electrons. The van der Waals surface area contributed by atoms with E-state index < -0.39 is 0 Å². The van der Waals surface area contributed by atoms with Crippen molar-refractivity contribution in [3.8, 4) is 0 Å². The molecule has 2 atom stereocenters. The number of hydrogen-bond donors (Lipinski definition) is 2. The van der Waals surface area contributed by atoms with E-state index in [2.05, 4.69) is 12.2 Å². The molecule has 0 rings (SSSR count). The molecule has 0 spiro atoms. The van der Waals surface area contributed by atoms with Crippen molar-refractivity contribution in [3.05, 3.63) is 0 Å². The molecule has 0 aliphatic rings. The zero-order valence-corrected chi connectivity index (χ0v) is 7.63. The average molecular weight is 161 g/mol. The smallest absolute Gasteiger partial charge is 0.0636 e. The van der Waals surface area contributed by atoms with Crippen molar-refractivity contribution in [3.63, 3.8) is 0 Å². The summed E-state index contributed by atoms with van der Waals surface area (Å²) in [6.07, 6.45) is 0.725. The van der Waals surface area contributed by atoms with E-state index in [4.69, 9.17) is 9.84 Å². The van der Waals surface area contributed by atoms with Crippen molar-refractivity contribution in [2.45, 2.75) is 32.4 Å². The van der Waals surface area contributed by atoms with Crippen LogP contribution in [0.4, 0.5) is 0 Å². The normalized spacial score (nSPS) is 16.4. The van der Waals surface area contributed by atoms with E-state index >= 15 is 0 Å². The molecular formula is C8H19NO2. The highest BCUT2D eigenvalue weighted by molar-refractivity contribution is 4.61. The summed E-state index contributed by atoms with van der Waals surface area (Å²) in [6, 6.07) is 0.421. The number of rotatable bonds is 6. The van der Waals surface area contributed by atoms with Crippen LogP contribution >= 0.6 is 0 Å². The number of aliphatic hydroxyl groups excluding tert-OH is 1. The second-order valence-corrected chi connectivity index (χ2v) is 2.94. The fourth-order valence-corrected chi connectivity index (χ4v) is 0.768. The third kappa shape index (κ3) is 7.78. The minimum absolute atomic E-state index is 0.264. The van der Waals surface area contributed by atoms with Crippen LogP contribution in [0, 0.1) is 0 Å². The molecule has 0 aromatic carbocycles. The molecule has 2 N–H and O–H groups in total. The lowest BCUT2D eigenvalue weighted by molar-refractivity contribution is 0.168. The summed E-state index contributed by atoms with van der Waals surface area (Å²) < 4.78 is 4.92. The maximum absolute atomic E-state index is 8.93. The van der Waals surface area contributed by atoms with Gasteiger partial charge in [0.2, 0.25) is 0 Å². The van der Waals surface area contributed by atoms with Gasteiger partial charge in [0.05, 0.1) is 6.10 Å². The Morgan fingerprint density at radius 1 is 1.45 bits per heavy atom. The first kappa shape index (κ1) is 10.9. The van der Waals surface area contributed by atoms with Gasteiger partial charge in [-0.05, 0) is 20.3 Å². The largest absolute Gasteiger partial charge is 0.392 e. The second-order valence-electron chi connectivity index (χ2n) is 2.94. The van der Waals surface area contributed by atoms with Gasteiger partial charge in [-0.1, -0.05) is 0 Å². The van der Waals surface area contributed by atoms with Crippen molar-refractivity contribution in [1.29, 1.82) is 0 Å². The predicted octanol–water partition coefficient (Wildman–Crippen LogP) is 0.382.